The van der Waals surface area contributed by atoms with Crippen molar-refractivity contribution in [2.75, 3.05) is 0 Å². The van der Waals surface area contributed by atoms with Crippen molar-refractivity contribution in [3.05, 3.63) is 21.4 Å². The van der Waals surface area contributed by atoms with Crippen LogP contribution in [0.25, 0.3) is 0 Å². The zero-order valence-corrected chi connectivity index (χ0v) is 14.5. The summed E-state index contributed by atoms with van der Waals surface area (Å²) in [5.41, 5.74) is 1.92. The number of esters is 1. The first kappa shape index (κ1) is 15.6. The molecule has 1 heterocycles. The number of hydrogen-bond donors (Lipinski definition) is 0. The average molecular weight is 294 g/mol. The van der Waals surface area contributed by atoms with Crippen LogP contribution in [0, 0.1) is 5.41 Å². The Morgan fingerprint density at radius 2 is 1.85 bits per heavy atom. The van der Waals surface area contributed by atoms with Crippen molar-refractivity contribution in [1.29, 1.82) is 0 Å². The summed E-state index contributed by atoms with van der Waals surface area (Å²) in [7, 11) is 0. The monoisotopic (exact) mass is 294 g/mol. The Morgan fingerprint density at radius 1 is 1.25 bits per heavy atom. The molecule has 0 unspecified atom stereocenters. The van der Waals surface area contributed by atoms with Crippen LogP contribution in [0.4, 0.5) is 0 Å². The van der Waals surface area contributed by atoms with Crippen LogP contribution in [-0.4, -0.2) is 11.6 Å². The van der Waals surface area contributed by atoms with E-state index in [1.54, 1.807) is 11.3 Å². The summed E-state index contributed by atoms with van der Waals surface area (Å²) >= 11 is 1.71. The highest BCUT2D eigenvalue weighted by molar-refractivity contribution is 7.10. The largest absolute Gasteiger partial charge is 0.456 e. The molecule has 1 aromatic rings. The number of carbonyl (C=O) groups excluding carboxylic acids is 1. The van der Waals surface area contributed by atoms with Gasteiger partial charge in [0.1, 0.15) is 5.60 Å². The summed E-state index contributed by atoms with van der Waals surface area (Å²) < 4.78 is 5.55. The Hall–Kier alpha value is -0.830. The van der Waals surface area contributed by atoms with Gasteiger partial charge in [0.2, 0.25) is 0 Å². The molecule has 0 amide bonds. The number of fused-ring (bicyclic) bond motifs is 1. The van der Waals surface area contributed by atoms with Crippen LogP contribution in [0.2, 0.25) is 0 Å². The van der Waals surface area contributed by atoms with Gasteiger partial charge in [-0.1, -0.05) is 27.7 Å². The van der Waals surface area contributed by atoms with E-state index in [0.29, 0.717) is 0 Å². The topological polar surface area (TPSA) is 26.3 Å². The van der Waals surface area contributed by atoms with Crippen molar-refractivity contribution in [1.82, 2.24) is 0 Å². The molecule has 1 aliphatic rings. The van der Waals surface area contributed by atoms with Gasteiger partial charge < -0.3 is 4.74 Å². The van der Waals surface area contributed by atoms with E-state index < -0.39 is 5.60 Å². The van der Waals surface area contributed by atoms with Crippen LogP contribution in [0.3, 0.4) is 0 Å². The summed E-state index contributed by atoms with van der Waals surface area (Å²) in [6.45, 7) is 14.9. The Morgan fingerprint density at radius 3 is 2.40 bits per heavy atom. The molecule has 0 aromatic carbocycles. The van der Waals surface area contributed by atoms with E-state index >= 15 is 0 Å². The van der Waals surface area contributed by atoms with E-state index in [9.17, 15) is 4.79 Å². The predicted octanol–water partition coefficient (Wildman–Crippen LogP) is 4.95. The van der Waals surface area contributed by atoms with E-state index in [1.165, 1.54) is 10.4 Å². The van der Waals surface area contributed by atoms with Crippen molar-refractivity contribution in [3.63, 3.8) is 0 Å². The van der Waals surface area contributed by atoms with Gasteiger partial charge in [0.05, 0.1) is 5.56 Å². The maximum atomic E-state index is 12.4. The molecule has 0 aliphatic heterocycles. The SMILES string of the molecule is CC1(C)Cc2c(C(=O)OC(C)(C)C)csc2C(C)(C)C1. The minimum absolute atomic E-state index is 0.141. The predicted molar refractivity (Wildman–Crippen MR) is 84.6 cm³/mol. The zero-order valence-electron chi connectivity index (χ0n) is 13.7. The van der Waals surface area contributed by atoms with Gasteiger partial charge in [0.25, 0.3) is 0 Å². The van der Waals surface area contributed by atoms with Gasteiger partial charge in [-0.15, -0.1) is 11.3 Å². The lowest BCUT2D eigenvalue weighted by Crippen LogP contribution is -2.34. The quantitative estimate of drug-likeness (QED) is 0.685. The molecule has 0 fully saturated rings. The summed E-state index contributed by atoms with van der Waals surface area (Å²) in [4.78, 5) is 13.8. The van der Waals surface area contributed by atoms with Crippen LogP contribution >= 0.6 is 11.3 Å². The number of ether oxygens (including phenoxy) is 1. The third-order valence-electron chi connectivity index (χ3n) is 3.70. The second kappa shape index (κ2) is 4.59. The molecule has 3 heteroatoms. The fourth-order valence-electron chi connectivity index (χ4n) is 3.45. The standard InChI is InChI=1S/C17H26O2S/c1-15(2,3)19-14(18)12-9-20-13-11(12)8-16(4,5)10-17(13,6)7/h9H,8,10H2,1-7H3. The summed E-state index contributed by atoms with van der Waals surface area (Å²) in [6.07, 6.45) is 2.12. The Bertz CT molecular complexity index is 530. The van der Waals surface area contributed by atoms with Gasteiger partial charge in [-0.25, -0.2) is 4.79 Å². The normalized spacial score (nSPS) is 20.4. The van der Waals surface area contributed by atoms with E-state index in [4.69, 9.17) is 4.74 Å². The van der Waals surface area contributed by atoms with Crippen LogP contribution in [-0.2, 0) is 16.6 Å². The lowest BCUT2D eigenvalue weighted by atomic mass is 9.65. The van der Waals surface area contributed by atoms with Crippen LogP contribution in [0.5, 0.6) is 0 Å². The molecule has 1 aromatic heterocycles. The molecule has 0 N–H and O–H groups in total. The maximum absolute atomic E-state index is 12.4. The molecule has 0 atom stereocenters. The summed E-state index contributed by atoms with van der Waals surface area (Å²) in [6, 6.07) is 0. The first-order chi connectivity index (χ1) is 8.91. The molecule has 2 nitrogen and oxygen atoms in total. The lowest BCUT2D eigenvalue weighted by molar-refractivity contribution is 0.00680. The van der Waals surface area contributed by atoms with Crippen molar-refractivity contribution >= 4 is 17.3 Å². The number of carbonyl (C=O) groups is 1. The first-order valence-electron chi connectivity index (χ1n) is 7.26. The Kier molecular flexibility index (Phi) is 3.57. The number of hydrogen-bond acceptors (Lipinski definition) is 3. The Labute approximate surface area is 126 Å². The van der Waals surface area contributed by atoms with Gasteiger partial charge in [0.15, 0.2) is 0 Å². The third kappa shape index (κ3) is 3.08. The smallest absolute Gasteiger partial charge is 0.339 e. The minimum atomic E-state index is -0.439. The summed E-state index contributed by atoms with van der Waals surface area (Å²) in [5.74, 6) is -0.177. The highest BCUT2D eigenvalue weighted by atomic mass is 32.1. The molecule has 0 spiro atoms. The molecular formula is C17H26O2S. The molecule has 1 aliphatic carbocycles. The summed E-state index contributed by atoms with van der Waals surface area (Å²) in [5, 5.41) is 1.99. The first-order valence-corrected chi connectivity index (χ1v) is 8.13. The second-order valence-corrected chi connectivity index (χ2v) is 9.24. The van der Waals surface area contributed by atoms with E-state index in [2.05, 4.69) is 27.7 Å². The van der Waals surface area contributed by atoms with Crippen LogP contribution < -0.4 is 0 Å². The minimum Gasteiger partial charge on any atom is -0.456 e. The van der Waals surface area contributed by atoms with Crippen molar-refractivity contribution < 1.29 is 9.53 Å². The molecule has 0 saturated heterocycles. The molecule has 0 radical (unpaired) electrons. The van der Waals surface area contributed by atoms with Gasteiger partial charge in [-0.05, 0) is 50.0 Å². The van der Waals surface area contributed by atoms with E-state index in [0.717, 1.165) is 18.4 Å². The number of thiophene rings is 1. The lowest BCUT2D eigenvalue weighted by Gasteiger charge is -2.40. The fraction of sp³-hybridized carbons (Fsp3) is 0.706. The van der Waals surface area contributed by atoms with Gasteiger partial charge in [0, 0.05) is 10.3 Å². The van der Waals surface area contributed by atoms with Crippen molar-refractivity contribution in [2.45, 2.75) is 72.3 Å². The van der Waals surface area contributed by atoms with Gasteiger partial charge >= 0.3 is 5.97 Å². The fourth-order valence-corrected chi connectivity index (χ4v) is 4.64. The van der Waals surface area contributed by atoms with Crippen molar-refractivity contribution in [3.8, 4) is 0 Å². The molecule has 20 heavy (non-hydrogen) atoms. The molecule has 0 bridgehead atoms. The molecule has 0 saturated carbocycles. The third-order valence-corrected chi connectivity index (χ3v) is 5.09. The Balaban J connectivity index is 2.41. The van der Waals surface area contributed by atoms with Crippen molar-refractivity contribution in [2.24, 2.45) is 5.41 Å². The van der Waals surface area contributed by atoms with E-state index in [1.807, 2.05) is 26.2 Å². The second-order valence-electron chi connectivity index (χ2n) is 8.36. The number of rotatable bonds is 1. The molecule has 112 valence electrons. The molecule has 2 rings (SSSR count). The highest BCUT2D eigenvalue weighted by Crippen LogP contribution is 2.49. The highest BCUT2D eigenvalue weighted by Gasteiger charge is 2.41. The van der Waals surface area contributed by atoms with Crippen LogP contribution in [0.15, 0.2) is 5.38 Å². The average Bonchev–Trinajstić information content (AvgIpc) is 2.55. The van der Waals surface area contributed by atoms with Crippen LogP contribution in [0.1, 0.15) is 75.7 Å². The van der Waals surface area contributed by atoms with Gasteiger partial charge in [-0.3, -0.25) is 0 Å². The zero-order chi connectivity index (χ0) is 15.3. The van der Waals surface area contributed by atoms with Gasteiger partial charge in [-0.2, -0.15) is 0 Å². The maximum Gasteiger partial charge on any atom is 0.339 e. The molecular weight excluding hydrogens is 268 g/mol. The van der Waals surface area contributed by atoms with E-state index in [-0.39, 0.29) is 16.8 Å².